The molecule has 3 N–H and O–H groups in total. The molecule has 3 nitrogen and oxygen atoms in total. The second-order valence-corrected chi connectivity index (χ2v) is 3.65. The Labute approximate surface area is 103 Å². The molecule has 4 heteroatoms. The lowest BCUT2D eigenvalue weighted by atomic mass is 10.0. The van der Waals surface area contributed by atoms with Crippen molar-refractivity contribution in [2.24, 2.45) is 5.73 Å². The lowest BCUT2D eigenvalue weighted by Gasteiger charge is -2.14. The van der Waals surface area contributed by atoms with Crippen LogP contribution in [0.4, 0.5) is 0 Å². The van der Waals surface area contributed by atoms with Crippen molar-refractivity contribution in [2.45, 2.75) is 32.2 Å². The summed E-state index contributed by atoms with van der Waals surface area (Å²) in [5, 5.41) is 9.85. The minimum atomic E-state index is -0.111. The number of methoxy groups -OCH3 is 1. The highest BCUT2D eigenvalue weighted by atomic mass is 35.5. The van der Waals surface area contributed by atoms with Crippen LogP contribution in [0.2, 0.25) is 0 Å². The summed E-state index contributed by atoms with van der Waals surface area (Å²) in [5.74, 6) is 0.656. The van der Waals surface area contributed by atoms with Crippen molar-refractivity contribution < 1.29 is 9.84 Å². The van der Waals surface area contributed by atoms with E-state index in [1.165, 1.54) is 7.11 Å². The second-order valence-electron chi connectivity index (χ2n) is 3.65. The van der Waals surface area contributed by atoms with Crippen LogP contribution in [-0.2, 0) is 0 Å². The number of nitrogens with two attached hydrogens (primary N) is 1. The molecule has 92 valence electrons. The van der Waals surface area contributed by atoms with E-state index in [9.17, 15) is 5.11 Å². The van der Waals surface area contributed by atoms with Crippen LogP contribution < -0.4 is 10.5 Å². The van der Waals surface area contributed by atoms with E-state index in [2.05, 4.69) is 6.92 Å². The summed E-state index contributed by atoms with van der Waals surface area (Å²) >= 11 is 0. The zero-order valence-corrected chi connectivity index (χ0v) is 10.6. The molecule has 16 heavy (non-hydrogen) atoms. The van der Waals surface area contributed by atoms with E-state index in [4.69, 9.17) is 10.5 Å². The molecule has 0 aliphatic rings. The van der Waals surface area contributed by atoms with E-state index < -0.39 is 0 Å². The van der Waals surface area contributed by atoms with Gasteiger partial charge in [0.15, 0.2) is 11.5 Å². The molecule has 0 saturated carbocycles. The lowest BCUT2D eigenvalue weighted by Crippen LogP contribution is -2.10. The fourth-order valence-corrected chi connectivity index (χ4v) is 1.58. The molecule has 0 amide bonds. The second kappa shape index (κ2) is 7.36. The molecule has 1 aromatic rings. The van der Waals surface area contributed by atoms with Crippen LogP contribution in [-0.4, -0.2) is 12.2 Å². The van der Waals surface area contributed by atoms with Gasteiger partial charge in [0.05, 0.1) is 7.11 Å². The highest BCUT2D eigenvalue weighted by Crippen LogP contribution is 2.33. The number of phenolic OH excluding ortho intramolecular Hbond substituents is 1. The normalized spacial score (nSPS) is 11.7. The largest absolute Gasteiger partial charge is 0.504 e. The van der Waals surface area contributed by atoms with Crippen molar-refractivity contribution in [3.63, 3.8) is 0 Å². The molecule has 0 fully saturated rings. The van der Waals surface area contributed by atoms with Gasteiger partial charge in [-0.05, 0) is 12.5 Å². The Morgan fingerprint density at radius 1 is 1.44 bits per heavy atom. The van der Waals surface area contributed by atoms with Gasteiger partial charge in [-0.3, -0.25) is 0 Å². The van der Waals surface area contributed by atoms with Gasteiger partial charge < -0.3 is 15.6 Å². The number of rotatable bonds is 5. The fraction of sp³-hybridized carbons (Fsp3) is 0.500. The quantitative estimate of drug-likeness (QED) is 0.839. The van der Waals surface area contributed by atoms with E-state index in [1.54, 1.807) is 6.07 Å². The number of aromatic hydroxyl groups is 1. The molecule has 0 heterocycles. The van der Waals surface area contributed by atoms with Gasteiger partial charge in [0.25, 0.3) is 0 Å². The van der Waals surface area contributed by atoms with Gasteiger partial charge in [-0.15, -0.1) is 12.4 Å². The molecule has 0 bridgehead atoms. The molecule has 1 rings (SSSR count). The summed E-state index contributed by atoms with van der Waals surface area (Å²) in [4.78, 5) is 0. The molecule has 0 saturated heterocycles. The van der Waals surface area contributed by atoms with Gasteiger partial charge >= 0.3 is 0 Å². The van der Waals surface area contributed by atoms with Gasteiger partial charge in [0, 0.05) is 11.6 Å². The third-order valence-electron chi connectivity index (χ3n) is 2.52. The number of unbranched alkanes of at least 4 members (excludes halogenated alkanes) is 1. The van der Waals surface area contributed by atoms with Crippen molar-refractivity contribution >= 4 is 12.4 Å². The van der Waals surface area contributed by atoms with Crippen LogP contribution in [0.1, 0.15) is 37.8 Å². The monoisotopic (exact) mass is 245 g/mol. The third-order valence-corrected chi connectivity index (χ3v) is 2.52. The van der Waals surface area contributed by atoms with Crippen molar-refractivity contribution in [3.05, 3.63) is 23.8 Å². The number of hydrogen-bond donors (Lipinski definition) is 2. The fourth-order valence-electron chi connectivity index (χ4n) is 1.58. The summed E-state index contributed by atoms with van der Waals surface area (Å²) in [7, 11) is 1.54. The first-order chi connectivity index (χ1) is 7.20. The first kappa shape index (κ1) is 15.1. The molecular weight excluding hydrogens is 226 g/mol. The Kier molecular flexibility index (Phi) is 6.93. The van der Waals surface area contributed by atoms with Crippen LogP contribution in [0, 0.1) is 0 Å². The predicted octanol–water partition coefficient (Wildman–Crippen LogP) is 3.01. The first-order valence-corrected chi connectivity index (χ1v) is 5.32. The van der Waals surface area contributed by atoms with E-state index >= 15 is 0 Å². The van der Waals surface area contributed by atoms with Gasteiger partial charge in [-0.2, -0.15) is 0 Å². The van der Waals surface area contributed by atoms with Crippen LogP contribution >= 0.6 is 12.4 Å². The summed E-state index contributed by atoms with van der Waals surface area (Å²) in [5.41, 5.74) is 6.76. The Morgan fingerprint density at radius 3 is 2.69 bits per heavy atom. The zero-order valence-electron chi connectivity index (χ0n) is 9.77. The molecule has 0 spiro atoms. The standard InChI is InChI=1S/C12H19NO2.ClH/c1-3-4-7-10(13)9-6-5-8-11(15-2)12(9)14;/h5-6,8,10,14H,3-4,7,13H2,1-2H3;1H/t10-;/m1./s1. The molecule has 0 aromatic heterocycles. The minimum Gasteiger partial charge on any atom is -0.504 e. The summed E-state index contributed by atoms with van der Waals surface area (Å²) in [6, 6.07) is 5.31. The highest BCUT2D eigenvalue weighted by Gasteiger charge is 2.13. The summed E-state index contributed by atoms with van der Waals surface area (Å²) in [6.07, 6.45) is 3.06. The maximum absolute atomic E-state index is 9.85. The minimum absolute atomic E-state index is 0. The van der Waals surface area contributed by atoms with E-state index in [1.807, 2.05) is 12.1 Å². The molecule has 1 atom stereocenters. The smallest absolute Gasteiger partial charge is 0.162 e. The Hall–Kier alpha value is -0.930. The number of phenols is 1. The number of para-hydroxylation sites is 1. The van der Waals surface area contributed by atoms with Crippen LogP contribution in [0.5, 0.6) is 11.5 Å². The van der Waals surface area contributed by atoms with Gasteiger partial charge in [-0.1, -0.05) is 31.9 Å². The highest BCUT2D eigenvalue weighted by molar-refractivity contribution is 5.85. The average Bonchev–Trinajstić information content (AvgIpc) is 2.26. The van der Waals surface area contributed by atoms with Crippen molar-refractivity contribution in [2.75, 3.05) is 7.11 Å². The topological polar surface area (TPSA) is 55.5 Å². The summed E-state index contributed by atoms with van der Waals surface area (Å²) < 4.78 is 5.03. The Morgan fingerprint density at radius 2 is 2.12 bits per heavy atom. The van der Waals surface area contributed by atoms with E-state index in [-0.39, 0.29) is 24.2 Å². The van der Waals surface area contributed by atoms with Gasteiger partial charge in [0.1, 0.15) is 0 Å². The lowest BCUT2D eigenvalue weighted by molar-refractivity contribution is 0.367. The van der Waals surface area contributed by atoms with Crippen LogP contribution in [0.15, 0.2) is 18.2 Å². The number of hydrogen-bond acceptors (Lipinski definition) is 3. The van der Waals surface area contributed by atoms with Crippen molar-refractivity contribution in [1.82, 2.24) is 0 Å². The molecule has 0 radical (unpaired) electrons. The Bertz CT molecular complexity index is 318. The van der Waals surface area contributed by atoms with Crippen LogP contribution in [0.3, 0.4) is 0 Å². The maximum Gasteiger partial charge on any atom is 0.162 e. The summed E-state index contributed by atoms with van der Waals surface area (Å²) in [6.45, 7) is 2.12. The molecule has 1 aromatic carbocycles. The molecule has 0 aliphatic heterocycles. The number of benzene rings is 1. The van der Waals surface area contributed by atoms with Crippen molar-refractivity contribution in [1.29, 1.82) is 0 Å². The maximum atomic E-state index is 9.85. The molecule has 0 aliphatic carbocycles. The van der Waals surface area contributed by atoms with Crippen molar-refractivity contribution in [3.8, 4) is 11.5 Å². The van der Waals surface area contributed by atoms with Gasteiger partial charge in [-0.25, -0.2) is 0 Å². The van der Waals surface area contributed by atoms with Gasteiger partial charge in [0.2, 0.25) is 0 Å². The molecule has 0 unspecified atom stereocenters. The van der Waals surface area contributed by atoms with Crippen LogP contribution in [0.25, 0.3) is 0 Å². The SMILES string of the molecule is CCCC[C@@H](N)c1cccc(OC)c1O.Cl. The Balaban J connectivity index is 0.00000225. The molecular formula is C12H20ClNO2. The third kappa shape index (κ3) is 3.58. The predicted molar refractivity (Wildman–Crippen MR) is 68.4 cm³/mol. The first-order valence-electron chi connectivity index (χ1n) is 5.32. The van der Waals surface area contributed by atoms with E-state index in [0.29, 0.717) is 5.75 Å². The number of ether oxygens (including phenoxy) is 1. The van der Waals surface area contributed by atoms with E-state index in [0.717, 1.165) is 24.8 Å². The average molecular weight is 246 g/mol. The zero-order chi connectivity index (χ0) is 11.3. The number of halogens is 1.